The van der Waals surface area contributed by atoms with Crippen molar-refractivity contribution < 1.29 is 14.3 Å². The average molecular weight is 491 g/mol. The van der Waals surface area contributed by atoms with E-state index in [0.29, 0.717) is 49.8 Å². The minimum absolute atomic E-state index is 0.0217. The van der Waals surface area contributed by atoms with Crippen molar-refractivity contribution in [2.45, 2.75) is 31.3 Å². The number of aliphatic hydroxyl groups is 1. The highest BCUT2D eigenvalue weighted by Crippen LogP contribution is 2.26. The summed E-state index contributed by atoms with van der Waals surface area (Å²) in [6.07, 6.45) is 5.25. The zero-order valence-electron chi connectivity index (χ0n) is 20.2. The van der Waals surface area contributed by atoms with E-state index in [1.165, 1.54) is 25.0 Å². The van der Waals surface area contributed by atoms with E-state index in [4.69, 9.17) is 0 Å². The first-order chi connectivity index (χ1) is 17.5. The molecule has 9 heteroatoms. The lowest BCUT2D eigenvalue weighted by atomic mass is 9.90. The fourth-order valence-corrected chi connectivity index (χ4v) is 4.82. The number of benzene rings is 2. The number of piperidine rings is 1. The highest BCUT2D eigenvalue weighted by atomic mass is 19.1. The summed E-state index contributed by atoms with van der Waals surface area (Å²) in [4.78, 5) is 25.9. The first-order valence-corrected chi connectivity index (χ1v) is 12.4. The van der Waals surface area contributed by atoms with E-state index in [1.54, 1.807) is 36.5 Å². The Morgan fingerprint density at radius 1 is 0.917 bits per heavy atom. The van der Waals surface area contributed by atoms with Gasteiger partial charge in [0.25, 0.3) is 5.91 Å². The van der Waals surface area contributed by atoms with Crippen molar-refractivity contribution in [3.63, 3.8) is 0 Å². The van der Waals surface area contributed by atoms with Crippen molar-refractivity contribution in [2.24, 2.45) is 0 Å². The van der Waals surface area contributed by atoms with Gasteiger partial charge in [0.1, 0.15) is 11.6 Å². The molecule has 3 aromatic rings. The lowest BCUT2D eigenvalue weighted by molar-refractivity contribution is -0.0367. The minimum atomic E-state index is -0.699. The maximum atomic E-state index is 13.1. The number of nitrogens with zero attached hydrogens (tertiary/aromatic N) is 4. The van der Waals surface area contributed by atoms with Crippen molar-refractivity contribution in [2.75, 3.05) is 43.4 Å². The molecule has 3 N–H and O–H groups in total. The topological polar surface area (TPSA) is 93.6 Å². The Morgan fingerprint density at radius 2 is 1.56 bits per heavy atom. The fraction of sp³-hybridized carbons (Fsp3) is 0.370. The molecule has 2 aliphatic rings. The van der Waals surface area contributed by atoms with E-state index in [-0.39, 0.29) is 11.7 Å². The van der Waals surface area contributed by atoms with Gasteiger partial charge in [-0.1, -0.05) is 0 Å². The highest BCUT2D eigenvalue weighted by molar-refractivity contribution is 5.94. The van der Waals surface area contributed by atoms with Gasteiger partial charge in [0.05, 0.1) is 5.60 Å². The van der Waals surface area contributed by atoms with Gasteiger partial charge in [0.15, 0.2) is 0 Å². The molecule has 0 atom stereocenters. The molecule has 2 saturated heterocycles. The lowest BCUT2D eigenvalue weighted by Gasteiger charge is -2.40. The van der Waals surface area contributed by atoms with Crippen LogP contribution in [-0.4, -0.2) is 69.1 Å². The average Bonchev–Trinajstić information content (AvgIpc) is 3.39. The zero-order valence-corrected chi connectivity index (χ0v) is 20.2. The van der Waals surface area contributed by atoms with E-state index >= 15 is 0 Å². The van der Waals surface area contributed by atoms with Crippen molar-refractivity contribution in [3.05, 3.63) is 72.2 Å². The molecule has 0 saturated carbocycles. The van der Waals surface area contributed by atoms with E-state index in [2.05, 4.69) is 25.5 Å². The molecule has 3 heterocycles. The third-order valence-corrected chi connectivity index (χ3v) is 6.86. The van der Waals surface area contributed by atoms with Crippen LogP contribution in [0.25, 0.3) is 0 Å². The first-order valence-electron chi connectivity index (χ1n) is 12.4. The largest absolute Gasteiger partial charge is 0.388 e. The van der Waals surface area contributed by atoms with E-state index in [1.807, 2.05) is 17.0 Å². The van der Waals surface area contributed by atoms with Crippen LogP contribution in [0.4, 0.5) is 27.5 Å². The number of amides is 1. The van der Waals surface area contributed by atoms with Crippen LogP contribution in [0, 0.1) is 5.82 Å². The molecule has 36 heavy (non-hydrogen) atoms. The Labute approximate surface area is 210 Å². The standard InChI is InChI=1S/C27H31FN6O2/c28-21-5-9-22(10-6-21)30-24-11-14-29-26(32-24)31-23-7-3-20(4-8-23)25(35)34-17-12-27(36,13-18-34)19-33-15-1-2-16-33/h3-11,14,36H,1-2,12-13,15-19H2,(H2,29,30,31,32). The van der Waals surface area contributed by atoms with Crippen LogP contribution in [0.2, 0.25) is 0 Å². The Balaban J connectivity index is 1.15. The lowest BCUT2D eigenvalue weighted by Crippen LogP contribution is -2.51. The number of β-amino-alcohol motifs (C(OH)–C–C–N with tert-alkyl or cyclic N) is 1. The number of hydrogen-bond donors (Lipinski definition) is 3. The molecule has 1 amide bonds. The van der Waals surface area contributed by atoms with Crippen molar-refractivity contribution >= 4 is 29.0 Å². The van der Waals surface area contributed by atoms with Crippen LogP contribution >= 0.6 is 0 Å². The summed E-state index contributed by atoms with van der Waals surface area (Å²) in [6, 6.07) is 15.0. The van der Waals surface area contributed by atoms with Gasteiger partial charge in [-0.3, -0.25) is 4.79 Å². The molecule has 8 nitrogen and oxygen atoms in total. The van der Waals surface area contributed by atoms with Crippen LogP contribution in [0.1, 0.15) is 36.0 Å². The normalized spacial score (nSPS) is 17.7. The van der Waals surface area contributed by atoms with E-state index in [9.17, 15) is 14.3 Å². The highest BCUT2D eigenvalue weighted by Gasteiger charge is 2.36. The number of rotatable bonds is 7. The summed E-state index contributed by atoms with van der Waals surface area (Å²) in [7, 11) is 0. The number of carbonyl (C=O) groups excluding carboxylic acids is 1. The summed E-state index contributed by atoms with van der Waals surface area (Å²) in [5, 5.41) is 17.2. The third-order valence-electron chi connectivity index (χ3n) is 6.86. The SMILES string of the molecule is O=C(c1ccc(Nc2nccc(Nc3ccc(F)cc3)n2)cc1)N1CCC(O)(CN2CCCC2)CC1. The first kappa shape index (κ1) is 24.1. The Bertz CT molecular complexity index is 1170. The van der Waals surface area contributed by atoms with Crippen LogP contribution < -0.4 is 10.6 Å². The monoisotopic (exact) mass is 490 g/mol. The second-order valence-electron chi connectivity index (χ2n) is 9.60. The molecular weight excluding hydrogens is 459 g/mol. The van der Waals surface area contributed by atoms with Gasteiger partial charge in [-0.25, -0.2) is 9.37 Å². The maximum absolute atomic E-state index is 13.1. The van der Waals surface area contributed by atoms with Crippen LogP contribution in [0.5, 0.6) is 0 Å². The number of aromatic nitrogens is 2. The number of halogens is 1. The number of likely N-dealkylation sites (tertiary alicyclic amines) is 2. The molecule has 0 radical (unpaired) electrons. The van der Waals surface area contributed by atoms with Gasteiger partial charge in [-0.2, -0.15) is 4.98 Å². The third kappa shape index (κ3) is 5.98. The molecule has 188 valence electrons. The van der Waals surface area contributed by atoms with Gasteiger partial charge < -0.3 is 25.5 Å². The van der Waals surface area contributed by atoms with Gasteiger partial charge in [-0.05, 0) is 93.4 Å². The molecule has 2 aliphatic heterocycles. The Kier molecular flexibility index (Phi) is 7.11. The van der Waals surface area contributed by atoms with Crippen LogP contribution in [0.3, 0.4) is 0 Å². The second kappa shape index (κ2) is 10.6. The Morgan fingerprint density at radius 3 is 2.25 bits per heavy atom. The van der Waals surface area contributed by atoms with Crippen molar-refractivity contribution in [1.29, 1.82) is 0 Å². The number of anilines is 4. The summed E-state index contributed by atoms with van der Waals surface area (Å²) in [5.41, 5.74) is 1.38. The summed E-state index contributed by atoms with van der Waals surface area (Å²) >= 11 is 0. The predicted molar refractivity (Wildman–Crippen MR) is 137 cm³/mol. The fourth-order valence-electron chi connectivity index (χ4n) is 4.82. The minimum Gasteiger partial charge on any atom is -0.388 e. The molecular formula is C27H31FN6O2. The van der Waals surface area contributed by atoms with E-state index in [0.717, 1.165) is 24.5 Å². The Hall–Kier alpha value is -3.56. The van der Waals surface area contributed by atoms with Crippen LogP contribution in [-0.2, 0) is 0 Å². The smallest absolute Gasteiger partial charge is 0.253 e. The molecule has 1 aromatic heterocycles. The molecule has 0 aliphatic carbocycles. The molecule has 5 rings (SSSR count). The van der Waals surface area contributed by atoms with E-state index < -0.39 is 5.60 Å². The number of nitrogens with one attached hydrogen (secondary N) is 2. The molecule has 2 fully saturated rings. The molecule has 0 unspecified atom stereocenters. The van der Waals surface area contributed by atoms with Gasteiger partial charge in [0.2, 0.25) is 5.95 Å². The molecule has 0 spiro atoms. The predicted octanol–water partition coefficient (Wildman–Crippen LogP) is 4.17. The summed E-state index contributed by atoms with van der Waals surface area (Å²) in [6.45, 7) is 3.95. The zero-order chi connectivity index (χ0) is 25.0. The van der Waals surface area contributed by atoms with Crippen molar-refractivity contribution in [1.82, 2.24) is 19.8 Å². The van der Waals surface area contributed by atoms with Gasteiger partial charge in [-0.15, -0.1) is 0 Å². The molecule has 2 aromatic carbocycles. The quantitative estimate of drug-likeness (QED) is 0.458. The van der Waals surface area contributed by atoms with Gasteiger partial charge in [0, 0.05) is 42.8 Å². The van der Waals surface area contributed by atoms with Crippen molar-refractivity contribution in [3.8, 4) is 0 Å². The van der Waals surface area contributed by atoms with Crippen LogP contribution in [0.15, 0.2) is 60.8 Å². The summed E-state index contributed by atoms with van der Waals surface area (Å²) in [5.74, 6) is 0.647. The molecule has 0 bridgehead atoms. The second-order valence-corrected chi connectivity index (χ2v) is 9.60. The number of carbonyl (C=O) groups is 1. The van der Waals surface area contributed by atoms with Gasteiger partial charge >= 0.3 is 0 Å². The summed E-state index contributed by atoms with van der Waals surface area (Å²) < 4.78 is 13.1. The maximum Gasteiger partial charge on any atom is 0.253 e. The number of hydrogen-bond acceptors (Lipinski definition) is 7.